The van der Waals surface area contributed by atoms with Gasteiger partial charge in [0.2, 0.25) is 0 Å². The van der Waals surface area contributed by atoms with Crippen LogP contribution < -0.4 is 15.4 Å². The molecule has 0 radical (unpaired) electrons. The second-order valence-electron chi connectivity index (χ2n) is 5.57. The van der Waals surface area contributed by atoms with E-state index in [-0.39, 0.29) is 18.3 Å². The first-order chi connectivity index (χ1) is 11.5. The first-order valence-electron chi connectivity index (χ1n) is 7.63. The zero-order valence-corrected chi connectivity index (χ0v) is 13.6. The van der Waals surface area contributed by atoms with Crippen LogP contribution >= 0.6 is 0 Å². The number of urea groups is 1. The number of amides is 2. The molecule has 0 unspecified atom stereocenters. The SMILES string of the molecule is CC(C)c1ccccc1NC(=O)NCc1ccc(OC(F)F)cc1. The van der Waals surface area contributed by atoms with Gasteiger partial charge >= 0.3 is 12.6 Å². The second-order valence-corrected chi connectivity index (χ2v) is 5.57. The Kier molecular flexibility index (Phi) is 6.12. The van der Waals surface area contributed by atoms with Crippen LogP contribution in [0.4, 0.5) is 19.3 Å². The van der Waals surface area contributed by atoms with E-state index in [1.54, 1.807) is 12.1 Å². The number of ether oxygens (including phenoxy) is 1. The maximum atomic E-state index is 12.1. The van der Waals surface area contributed by atoms with Gasteiger partial charge in [0.1, 0.15) is 5.75 Å². The van der Waals surface area contributed by atoms with Gasteiger partial charge in [0.15, 0.2) is 0 Å². The number of anilines is 1. The Bertz CT molecular complexity index is 673. The Morgan fingerprint density at radius 2 is 1.75 bits per heavy atom. The number of carbonyl (C=O) groups is 1. The number of benzene rings is 2. The Morgan fingerprint density at radius 1 is 1.08 bits per heavy atom. The summed E-state index contributed by atoms with van der Waals surface area (Å²) in [6, 6.07) is 13.4. The van der Waals surface area contributed by atoms with Crippen molar-refractivity contribution in [1.82, 2.24) is 5.32 Å². The first-order valence-corrected chi connectivity index (χ1v) is 7.63. The molecule has 0 heterocycles. The average molecular weight is 334 g/mol. The Balaban J connectivity index is 1.89. The Labute approximate surface area is 139 Å². The molecular weight excluding hydrogens is 314 g/mol. The van der Waals surface area contributed by atoms with Crippen LogP contribution in [0.5, 0.6) is 5.75 Å². The lowest BCUT2D eigenvalue weighted by atomic mass is 10.0. The quantitative estimate of drug-likeness (QED) is 0.802. The lowest BCUT2D eigenvalue weighted by molar-refractivity contribution is -0.0498. The summed E-state index contributed by atoms with van der Waals surface area (Å²) in [7, 11) is 0. The number of carbonyl (C=O) groups excluding carboxylic acids is 1. The van der Waals surface area contributed by atoms with Crippen LogP contribution in [0.15, 0.2) is 48.5 Å². The van der Waals surface area contributed by atoms with Gasteiger partial charge < -0.3 is 15.4 Å². The fourth-order valence-corrected chi connectivity index (χ4v) is 2.25. The molecule has 0 saturated heterocycles. The smallest absolute Gasteiger partial charge is 0.387 e. The molecule has 0 aliphatic heterocycles. The fourth-order valence-electron chi connectivity index (χ4n) is 2.25. The number of hydrogen-bond donors (Lipinski definition) is 2. The van der Waals surface area contributed by atoms with Gasteiger partial charge in [-0.2, -0.15) is 8.78 Å². The van der Waals surface area contributed by atoms with E-state index in [1.165, 1.54) is 12.1 Å². The summed E-state index contributed by atoms with van der Waals surface area (Å²) in [4.78, 5) is 12.0. The van der Waals surface area contributed by atoms with Gasteiger partial charge in [0, 0.05) is 12.2 Å². The first kappa shape index (κ1) is 17.7. The van der Waals surface area contributed by atoms with Crippen LogP contribution in [0.1, 0.15) is 30.9 Å². The molecule has 0 atom stereocenters. The molecule has 2 amide bonds. The maximum absolute atomic E-state index is 12.1. The lowest BCUT2D eigenvalue weighted by Crippen LogP contribution is -2.28. The largest absolute Gasteiger partial charge is 0.435 e. The summed E-state index contributed by atoms with van der Waals surface area (Å²) in [6.07, 6.45) is 0. The number of para-hydroxylation sites is 1. The molecule has 0 aliphatic carbocycles. The van der Waals surface area contributed by atoms with Crippen LogP contribution in [0.3, 0.4) is 0 Å². The fraction of sp³-hybridized carbons (Fsp3) is 0.278. The van der Waals surface area contributed by atoms with Crippen LogP contribution in [0, 0.1) is 0 Å². The highest BCUT2D eigenvalue weighted by atomic mass is 19.3. The summed E-state index contributed by atoms with van der Waals surface area (Å²) >= 11 is 0. The predicted molar refractivity (Wildman–Crippen MR) is 89.5 cm³/mol. The number of halogens is 2. The molecule has 0 spiro atoms. The van der Waals surface area contributed by atoms with E-state index in [9.17, 15) is 13.6 Å². The highest BCUT2D eigenvalue weighted by Gasteiger charge is 2.09. The number of alkyl halides is 2. The van der Waals surface area contributed by atoms with Crippen molar-refractivity contribution in [2.24, 2.45) is 0 Å². The minimum atomic E-state index is -2.85. The van der Waals surface area contributed by atoms with E-state index in [2.05, 4.69) is 29.2 Å². The van der Waals surface area contributed by atoms with Crippen molar-refractivity contribution in [3.63, 3.8) is 0 Å². The molecule has 2 rings (SSSR count). The summed E-state index contributed by atoms with van der Waals surface area (Å²) in [5.74, 6) is 0.382. The molecule has 2 aromatic rings. The van der Waals surface area contributed by atoms with Crippen LogP contribution in [-0.4, -0.2) is 12.6 Å². The second kappa shape index (κ2) is 8.29. The topological polar surface area (TPSA) is 50.4 Å². The summed E-state index contributed by atoms with van der Waals surface area (Å²) in [5, 5.41) is 5.56. The van der Waals surface area contributed by atoms with Crippen molar-refractivity contribution in [2.75, 3.05) is 5.32 Å². The normalized spacial score (nSPS) is 10.8. The van der Waals surface area contributed by atoms with E-state index in [0.29, 0.717) is 5.92 Å². The zero-order valence-electron chi connectivity index (χ0n) is 13.6. The number of nitrogens with one attached hydrogen (secondary N) is 2. The molecule has 2 N–H and O–H groups in total. The molecule has 0 aliphatic rings. The molecule has 0 aromatic heterocycles. The van der Waals surface area contributed by atoms with E-state index in [0.717, 1.165) is 16.8 Å². The third kappa shape index (κ3) is 5.22. The van der Waals surface area contributed by atoms with Crippen molar-refractivity contribution in [2.45, 2.75) is 32.9 Å². The van der Waals surface area contributed by atoms with E-state index >= 15 is 0 Å². The third-order valence-electron chi connectivity index (χ3n) is 3.43. The molecule has 24 heavy (non-hydrogen) atoms. The monoisotopic (exact) mass is 334 g/mol. The van der Waals surface area contributed by atoms with Crippen molar-refractivity contribution in [3.8, 4) is 5.75 Å². The van der Waals surface area contributed by atoms with Crippen molar-refractivity contribution in [1.29, 1.82) is 0 Å². The van der Waals surface area contributed by atoms with Gasteiger partial charge in [-0.3, -0.25) is 0 Å². The minimum absolute atomic E-state index is 0.0871. The van der Waals surface area contributed by atoms with Crippen molar-refractivity contribution < 1.29 is 18.3 Å². The summed E-state index contributed by atoms with van der Waals surface area (Å²) in [5.41, 5.74) is 2.61. The minimum Gasteiger partial charge on any atom is -0.435 e. The number of hydrogen-bond acceptors (Lipinski definition) is 2. The van der Waals surface area contributed by atoms with Crippen LogP contribution in [0.2, 0.25) is 0 Å². The molecule has 128 valence electrons. The lowest BCUT2D eigenvalue weighted by Gasteiger charge is -2.14. The molecule has 2 aromatic carbocycles. The van der Waals surface area contributed by atoms with Crippen molar-refractivity contribution in [3.05, 3.63) is 59.7 Å². The zero-order chi connectivity index (χ0) is 17.5. The summed E-state index contributed by atoms with van der Waals surface area (Å²) in [6.45, 7) is 1.55. The molecule has 0 bridgehead atoms. The molecule has 4 nitrogen and oxygen atoms in total. The summed E-state index contributed by atoms with van der Waals surface area (Å²) < 4.78 is 28.4. The van der Waals surface area contributed by atoms with Gasteiger partial charge in [-0.25, -0.2) is 4.79 Å². The molecule has 6 heteroatoms. The van der Waals surface area contributed by atoms with E-state index in [4.69, 9.17) is 0 Å². The third-order valence-corrected chi connectivity index (χ3v) is 3.43. The van der Waals surface area contributed by atoms with Crippen LogP contribution in [0.25, 0.3) is 0 Å². The van der Waals surface area contributed by atoms with Gasteiger partial charge in [0.25, 0.3) is 0 Å². The van der Waals surface area contributed by atoms with Crippen LogP contribution in [-0.2, 0) is 6.54 Å². The van der Waals surface area contributed by atoms with Gasteiger partial charge in [-0.15, -0.1) is 0 Å². The maximum Gasteiger partial charge on any atom is 0.387 e. The highest BCUT2D eigenvalue weighted by molar-refractivity contribution is 5.90. The van der Waals surface area contributed by atoms with Crippen molar-refractivity contribution >= 4 is 11.7 Å². The highest BCUT2D eigenvalue weighted by Crippen LogP contribution is 2.23. The van der Waals surface area contributed by atoms with Gasteiger partial charge in [-0.05, 0) is 35.2 Å². The standard InChI is InChI=1S/C18H20F2N2O2/c1-12(2)15-5-3-4-6-16(15)22-18(23)21-11-13-7-9-14(10-8-13)24-17(19)20/h3-10,12,17H,11H2,1-2H3,(H2,21,22,23). The molecular formula is C18H20F2N2O2. The number of rotatable bonds is 6. The average Bonchev–Trinajstić information content (AvgIpc) is 2.54. The van der Waals surface area contributed by atoms with Gasteiger partial charge in [-0.1, -0.05) is 44.2 Å². The van der Waals surface area contributed by atoms with E-state index < -0.39 is 6.61 Å². The molecule has 0 fully saturated rings. The predicted octanol–water partition coefficient (Wildman–Crippen LogP) is 4.73. The Hall–Kier alpha value is -2.63. The Morgan fingerprint density at radius 3 is 2.38 bits per heavy atom. The van der Waals surface area contributed by atoms with Gasteiger partial charge in [0.05, 0.1) is 0 Å². The molecule has 0 saturated carbocycles. The van der Waals surface area contributed by atoms with E-state index in [1.807, 2.05) is 24.3 Å².